The van der Waals surface area contributed by atoms with Gasteiger partial charge in [-0.05, 0) is 61.7 Å². The Kier molecular flexibility index (Phi) is 6.72. The summed E-state index contributed by atoms with van der Waals surface area (Å²) in [5.74, 6) is 2.54. The van der Waals surface area contributed by atoms with E-state index in [1.54, 1.807) is 7.11 Å². The van der Waals surface area contributed by atoms with Crippen LogP contribution in [0.3, 0.4) is 0 Å². The van der Waals surface area contributed by atoms with E-state index in [0.29, 0.717) is 17.8 Å². The zero-order valence-corrected chi connectivity index (χ0v) is 17.4. The molecule has 0 spiro atoms. The van der Waals surface area contributed by atoms with E-state index in [4.69, 9.17) is 4.74 Å². The molecular formula is C21H25ClN6O. The number of ether oxygens (including phenoxy) is 1. The van der Waals surface area contributed by atoms with Crippen molar-refractivity contribution in [3.05, 3.63) is 54.1 Å². The summed E-state index contributed by atoms with van der Waals surface area (Å²) < 4.78 is 5.22. The first-order valence-electron chi connectivity index (χ1n) is 9.45. The Morgan fingerprint density at radius 2 is 1.52 bits per heavy atom. The topological polar surface area (TPSA) is 75.2 Å². The van der Waals surface area contributed by atoms with Crippen LogP contribution < -0.4 is 20.3 Å². The molecule has 0 amide bonds. The molecule has 2 heterocycles. The van der Waals surface area contributed by atoms with Gasteiger partial charge in [0.25, 0.3) is 0 Å². The SMILES string of the molecule is COc1ccc(Nc2nc(Nc3cccc(C)c3)nc(N3CCCC3)n2)cc1.Cl. The van der Waals surface area contributed by atoms with E-state index in [1.165, 1.54) is 5.56 Å². The molecule has 0 saturated carbocycles. The second kappa shape index (κ2) is 9.43. The van der Waals surface area contributed by atoms with Crippen LogP contribution in [-0.4, -0.2) is 35.2 Å². The average molecular weight is 413 g/mol. The molecule has 1 aliphatic heterocycles. The zero-order valence-electron chi connectivity index (χ0n) is 16.6. The normalized spacial score (nSPS) is 13.0. The van der Waals surface area contributed by atoms with Gasteiger partial charge in [-0.2, -0.15) is 15.0 Å². The van der Waals surface area contributed by atoms with Crippen molar-refractivity contribution < 1.29 is 4.74 Å². The Hall–Kier alpha value is -3.06. The quantitative estimate of drug-likeness (QED) is 0.607. The molecule has 7 nitrogen and oxygen atoms in total. The Labute approximate surface area is 177 Å². The van der Waals surface area contributed by atoms with Gasteiger partial charge in [0.2, 0.25) is 17.8 Å². The van der Waals surface area contributed by atoms with Gasteiger partial charge in [-0.1, -0.05) is 12.1 Å². The molecule has 0 atom stereocenters. The Bertz CT molecular complexity index is 944. The number of hydrogen-bond acceptors (Lipinski definition) is 7. The van der Waals surface area contributed by atoms with E-state index in [-0.39, 0.29) is 12.4 Å². The van der Waals surface area contributed by atoms with Gasteiger partial charge in [0.15, 0.2) is 0 Å². The van der Waals surface area contributed by atoms with E-state index >= 15 is 0 Å². The fourth-order valence-electron chi connectivity index (χ4n) is 3.19. The molecule has 3 aromatic rings. The molecule has 29 heavy (non-hydrogen) atoms. The summed E-state index contributed by atoms with van der Waals surface area (Å²) in [6.07, 6.45) is 2.32. The van der Waals surface area contributed by atoms with E-state index in [0.717, 1.165) is 43.1 Å². The number of aromatic nitrogens is 3. The van der Waals surface area contributed by atoms with Crippen LogP contribution in [0.1, 0.15) is 18.4 Å². The van der Waals surface area contributed by atoms with E-state index < -0.39 is 0 Å². The molecular weight excluding hydrogens is 388 g/mol. The number of aryl methyl sites for hydroxylation is 1. The van der Waals surface area contributed by atoms with Crippen LogP contribution in [-0.2, 0) is 0 Å². The lowest BCUT2D eigenvalue weighted by Crippen LogP contribution is -2.21. The van der Waals surface area contributed by atoms with Crippen molar-refractivity contribution in [2.24, 2.45) is 0 Å². The fourth-order valence-corrected chi connectivity index (χ4v) is 3.19. The van der Waals surface area contributed by atoms with Crippen molar-refractivity contribution in [1.82, 2.24) is 15.0 Å². The number of halogens is 1. The van der Waals surface area contributed by atoms with Gasteiger partial charge in [0.1, 0.15) is 5.75 Å². The number of anilines is 5. The van der Waals surface area contributed by atoms with Crippen LogP contribution >= 0.6 is 12.4 Å². The van der Waals surface area contributed by atoms with Crippen molar-refractivity contribution in [2.45, 2.75) is 19.8 Å². The van der Waals surface area contributed by atoms with Crippen LogP contribution in [0.5, 0.6) is 5.75 Å². The third-order valence-electron chi connectivity index (χ3n) is 4.63. The molecule has 4 rings (SSSR count). The highest BCUT2D eigenvalue weighted by atomic mass is 35.5. The first kappa shape index (κ1) is 20.7. The highest BCUT2D eigenvalue weighted by Gasteiger charge is 2.17. The highest BCUT2D eigenvalue weighted by Crippen LogP contribution is 2.23. The highest BCUT2D eigenvalue weighted by molar-refractivity contribution is 5.85. The summed E-state index contributed by atoms with van der Waals surface area (Å²) in [5.41, 5.74) is 3.02. The Morgan fingerprint density at radius 3 is 2.14 bits per heavy atom. The minimum absolute atomic E-state index is 0. The van der Waals surface area contributed by atoms with Crippen LogP contribution in [0.25, 0.3) is 0 Å². The summed E-state index contributed by atoms with van der Waals surface area (Å²) in [6.45, 7) is 4.00. The van der Waals surface area contributed by atoms with Crippen molar-refractivity contribution in [1.29, 1.82) is 0 Å². The maximum atomic E-state index is 5.22. The van der Waals surface area contributed by atoms with Crippen molar-refractivity contribution >= 4 is 41.6 Å². The summed E-state index contributed by atoms with van der Waals surface area (Å²) >= 11 is 0. The minimum Gasteiger partial charge on any atom is -0.497 e. The second-order valence-corrected chi connectivity index (χ2v) is 6.82. The molecule has 2 N–H and O–H groups in total. The predicted octanol–water partition coefficient (Wildman–Crippen LogP) is 4.70. The molecule has 1 aromatic heterocycles. The molecule has 152 valence electrons. The number of rotatable bonds is 6. The number of nitrogens with zero attached hydrogens (tertiary/aromatic N) is 4. The van der Waals surface area contributed by atoms with Crippen LogP contribution in [0.2, 0.25) is 0 Å². The molecule has 0 bridgehead atoms. The first-order chi connectivity index (χ1) is 13.7. The van der Waals surface area contributed by atoms with E-state index in [2.05, 4.69) is 49.5 Å². The number of hydrogen-bond donors (Lipinski definition) is 2. The van der Waals surface area contributed by atoms with Gasteiger partial charge in [0, 0.05) is 24.5 Å². The minimum atomic E-state index is 0. The number of methoxy groups -OCH3 is 1. The summed E-state index contributed by atoms with van der Waals surface area (Å²) in [6, 6.07) is 15.8. The maximum Gasteiger partial charge on any atom is 0.233 e. The molecule has 1 aliphatic rings. The van der Waals surface area contributed by atoms with Gasteiger partial charge in [0.05, 0.1) is 7.11 Å². The first-order valence-corrected chi connectivity index (χ1v) is 9.45. The Morgan fingerprint density at radius 1 is 0.862 bits per heavy atom. The van der Waals surface area contributed by atoms with E-state index in [9.17, 15) is 0 Å². The zero-order chi connectivity index (χ0) is 19.3. The molecule has 1 fully saturated rings. The smallest absolute Gasteiger partial charge is 0.233 e. The van der Waals surface area contributed by atoms with Crippen molar-refractivity contribution in [3.63, 3.8) is 0 Å². The van der Waals surface area contributed by atoms with Gasteiger partial charge in [-0.3, -0.25) is 0 Å². The molecule has 0 unspecified atom stereocenters. The molecule has 8 heteroatoms. The predicted molar refractivity (Wildman–Crippen MR) is 119 cm³/mol. The molecule has 0 radical (unpaired) electrons. The van der Waals surface area contributed by atoms with Gasteiger partial charge in [-0.15, -0.1) is 12.4 Å². The molecule has 0 aliphatic carbocycles. The van der Waals surface area contributed by atoms with Gasteiger partial charge >= 0.3 is 0 Å². The lowest BCUT2D eigenvalue weighted by molar-refractivity contribution is 0.415. The van der Waals surface area contributed by atoms with Gasteiger partial charge < -0.3 is 20.3 Å². The van der Waals surface area contributed by atoms with Crippen LogP contribution in [0.15, 0.2) is 48.5 Å². The largest absolute Gasteiger partial charge is 0.497 e. The monoisotopic (exact) mass is 412 g/mol. The van der Waals surface area contributed by atoms with Crippen molar-refractivity contribution in [3.8, 4) is 5.75 Å². The molecule has 1 saturated heterocycles. The summed E-state index contributed by atoms with van der Waals surface area (Å²) in [4.78, 5) is 16.0. The summed E-state index contributed by atoms with van der Waals surface area (Å²) in [5, 5.41) is 6.58. The lowest BCUT2D eigenvalue weighted by Gasteiger charge is -2.17. The van der Waals surface area contributed by atoms with Gasteiger partial charge in [-0.25, -0.2) is 0 Å². The standard InChI is InChI=1S/C21H24N6O.ClH/c1-15-6-5-7-17(14-15)23-20-24-19(22-16-8-10-18(28-2)11-9-16)25-21(26-20)27-12-3-4-13-27;/h5-11,14H,3-4,12-13H2,1-2H3,(H2,22,23,24,25,26);1H. The maximum absolute atomic E-state index is 5.22. The number of nitrogens with one attached hydrogen (secondary N) is 2. The van der Waals surface area contributed by atoms with Crippen molar-refractivity contribution in [2.75, 3.05) is 35.7 Å². The third-order valence-corrected chi connectivity index (χ3v) is 4.63. The van der Waals surface area contributed by atoms with Crippen LogP contribution in [0, 0.1) is 6.92 Å². The average Bonchev–Trinajstić information content (AvgIpc) is 3.23. The lowest BCUT2D eigenvalue weighted by atomic mass is 10.2. The fraction of sp³-hybridized carbons (Fsp3) is 0.286. The Balaban J connectivity index is 0.00000240. The van der Waals surface area contributed by atoms with E-state index in [1.807, 2.05) is 36.4 Å². The van der Waals surface area contributed by atoms with Crippen LogP contribution in [0.4, 0.5) is 29.2 Å². The summed E-state index contributed by atoms with van der Waals surface area (Å²) in [7, 11) is 1.65. The second-order valence-electron chi connectivity index (χ2n) is 6.82. The third kappa shape index (κ3) is 5.26. The number of benzene rings is 2. The molecule has 2 aromatic carbocycles.